The fourth-order valence-electron chi connectivity index (χ4n) is 5.33. The Labute approximate surface area is 196 Å². The summed E-state index contributed by atoms with van der Waals surface area (Å²) in [5.41, 5.74) is 1.44. The van der Waals surface area contributed by atoms with Crippen LogP contribution in [0.1, 0.15) is 117 Å². The highest BCUT2D eigenvalue weighted by atomic mass is 16.7. The minimum absolute atomic E-state index is 0.0609. The van der Waals surface area contributed by atoms with Crippen LogP contribution >= 0.6 is 0 Å². The molecule has 2 fully saturated rings. The second-order valence-electron chi connectivity index (χ2n) is 10.4. The molecule has 2 unspecified atom stereocenters. The molecule has 1 saturated carbocycles. The smallest absolute Gasteiger partial charge is 0.370 e. The van der Waals surface area contributed by atoms with Crippen molar-refractivity contribution in [2.24, 2.45) is 17.8 Å². The number of carbonyl (C=O) groups is 1. The van der Waals surface area contributed by atoms with Gasteiger partial charge >= 0.3 is 5.97 Å². The van der Waals surface area contributed by atoms with E-state index < -0.39 is 5.97 Å². The van der Waals surface area contributed by atoms with Crippen molar-refractivity contribution in [3.05, 3.63) is 23.5 Å². The molecule has 32 heavy (non-hydrogen) atoms. The number of carboxylic acid groups (broad SMARTS) is 1. The summed E-state index contributed by atoms with van der Waals surface area (Å²) in [5.74, 6) is 1.73. The average Bonchev–Trinajstić information content (AvgIpc) is 3.41. The highest BCUT2D eigenvalue weighted by Gasteiger charge is 2.26. The highest BCUT2D eigenvalue weighted by molar-refractivity contribution is 5.84. The number of carboxylic acids is 1. The number of aliphatic carboxylic acids is 1. The Hall–Kier alpha value is -1.29. The summed E-state index contributed by atoms with van der Waals surface area (Å²) >= 11 is 0. The average molecular weight is 449 g/mol. The first-order chi connectivity index (χ1) is 15.5. The zero-order valence-corrected chi connectivity index (χ0v) is 20.9. The van der Waals surface area contributed by atoms with Crippen LogP contribution in [0.15, 0.2) is 23.5 Å². The molecule has 0 radical (unpaired) electrons. The topological polar surface area (TPSA) is 55.8 Å². The van der Waals surface area contributed by atoms with Crippen molar-refractivity contribution in [3.63, 3.8) is 0 Å². The van der Waals surface area contributed by atoms with Crippen LogP contribution in [-0.2, 0) is 14.3 Å². The van der Waals surface area contributed by atoms with Gasteiger partial charge in [0.25, 0.3) is 0 Å². The summed E-state index contributed by atoms with van der Waals surface area (Å²) in [7, 11) is 0. The highest BCUT2D eigenvalue weighted by Crippen LogP contribution is 2.38. The molecule has 2 rings (SSSR count). The molecule has 1 heterocycles. The number of unbranched alkanes of at least 4 members (excludes halogenated alkanes) is 3. The van der Waals surface area contributed by atoms with Gasteiger partial charge in [0.1, 0.15) is 0 Å². The molecule has 184 valence electrons. The largest absolute Gasteiger partial charge is 0.475 e. The van der Waals surface area contributed by atoms with Crippen LogP contribution in [0.5, 0.6) is 0 Å². The van der Waals surface area contributed by atoms with Crippen molar-refractivity contribution in [1.82, 2.24) is 0 Å². The Kier molecular flexibility index (Phi) is 13.1. The van der Waals surface area contributed by atoms with Gasteiger partial charge in [-0.15, -0.1) is 0 Å². The third kappa shape index (κ3) is 11.0. The standard InChI is InChI=1S/C28H48O4/c1-22(2)12-9-14-23(3)13-7-8-16-25-18-10-17-24(25)15-5-4-6-19-26(28(29)30)32-27-20-11-21-31-27/h12,19,23-25,27H,4-11,13-18,20-21H2,1-3H3,(H,29,30)/t23?,24-,25-,27?/m0/s1. The van der Waals surface area contributed by atoms with E-state index in [9.17, 15) is 9.90 Å². The molecule has 0 aromatic carbocycles. The Bertz CT molecular complexity index is 584. The van der Waals surface area contributed by atoms with Crippen molar-refractivity contribution in [3.8, 4) is 0 Å². The molecule has 0 aromatic rings. The number of hydrogen-bond donors (Lipinski definition) is 1. The zero-order valence-electron chi connectivity index (χ0n) is 20.9. The summed E-state index contributed by atoms with van der Waals surface area (Å²) in [6.45, 7) is 7.45. The second kappa shape index (κ2) is 15.5. The van der Waals surface area contributed by atoms with Crippen LogP contribution in [0.25, 0.3) is 0 Å². The molecular formula is C28H48O4. The lowest BCUT2D eigenvalue weighted by Crippen LogP contribution is -2.15. The number of hydrogen-bond acceptors (Lipinski definition) is 3. The normalized spacial score (nSPS) is 24.5. The quantitative estimate of drug-likeness (QED) is 0.112. The molecule has 1 N–H and O–H groups in total. The Balaban J connectivity index is 1.57. The Morgan fingerprint density at radius 3 is 2.31 bits per heavy atom. The van der Waals surface area contributed by atoms with Gasteiger partial charge in [-0.2, -0.15) is 0 Å². The molecule has 4 atom stereocenters. The van der Waals surface area contributed by atoms with E-state index in [4.69, 9.17) is 9.47 Å². The van der Waals surface area contributed by atoms with Gasteiger partial charge in [0.2, 0.25) is 5.76 Å². The lowest BCUT2D eigenvalue weighted by atomic mass is 9.86. The van der Waals surface area contributed by atoms with Crippen LogP contribution in [-0.4, -0.2) is 24.0 Å². The van der Waals surface area contributed by atoms with Crippen molar-refractivity contribution < 1.29 is 19.4 Å². The Morgan fingerprint density at radius 1 is 0.969 bits per heavy atom. The summed E-state index contributed by atoms with van der Waals surface area (Å²) in [5, 5.41) is 9.35. The fraction of sp³-hybridized carbons (Fsp3) is 0.821. The first-order valence-electron chi connectivity index (χ1n) is 13.3. The van der Waals surface area contributed by atoms with E-state index >= 15 is 0 Å². The molecule has 0 aromatic heterocycles. The maximum absolute atomic E-state index is 11.4. The molecular weight excluding hydrogens is 400 g/mol. The van der Waals surface area contributed by atoms with Crippen molar-refractivity contribution in [1.29, 1.82) is 0 Å². The summed E-state index contributed by atoms with van der Waals surface area (Å²) in [6.07, 6.45) is 22.1. The van der Waals surface area contributed by atoms with Crippen LogP contribution < -0.4 is 0 Å². The fourth-order valence-corrected chi connectivity index (χ4v) is 5.33. The number of allylic oxidation sites excluding steroid dienone is 3. The SMILES string of the molecule is CC(C)=CCCC(C)CCCC[C@H]1CCC[C@@H]1CCCCC=C(OC1CCCO1)C(=O)O. The Morgan fingerprint density at radius 2 is 1.69 bits per heavy atom. The molecule has 4 heteroatoms. The van der Waals surface area contributed by atoms with Crippen LogP contribution in [0, 0.1) is 17.8 Å². The summed E-state index contributed by atoms with van der Waals surface area (Å²) < 4.78 is 10.9. The van der Waals surface area contributed by atoms with Gasteiger partial charge in [-0.25, -0.2) is 4.79 Å². The molecule has 1 aliphatic heterocycles. The molecule has 0 spiro atoms. The minimum atomic E-state index is -0.984. The van der Waals surface area contributed by atoms with Gasteiger partial charge in [0, 0.05) is 6.42 Å². The van der Waals surface area contributed by atoms with E-state index in [1.54, 1.807) is 6.08 Å². The van der Waals surface area contributed by atoms with E-state index in [0.29, 0.717) is 6.61 Å². The number of ether oxygens (including phenoxy) is 2. The van der Waals surface area contributed by atoms with E-state index in [-0.39, 0.29) is 12.0 Å². The van der Waals surface area contributed by atoms with Gasteiger partial charge in [-0.3, -0.25) is 0 Å². The van der Waals surface area contributed by atoms with Crippen LogP contribution in [0.3, 0.4) is 0 Å². The molecule has 2 aliphatic rings. The lowest BCUT2D eigenvalue weighted by Gasteiger charge is -2.20. The van der Waals surface area contributed by atoms with Crippen molar-refractivity contribution >= 4 is 5.97 Å². The maximum atomic E-state index is 11.4. The third-order valence-corrected chi connectivity index (χ3v) is 7.27. The molecule has 4 nitrogen and oxygen atoms in total. The minimum Gasteiger partial charge on any atom is -0.475 e. The predicted octanol–water partition coefficient (Wildman–Crippen LogP) is 8.03. The molecule has 0 amide bonds. The number of rotatable bonds is 16. The van der Waals surface area contributed by atoms with Gasteiger partial charge in [0.05, 0.1) is 6.61 Å². The maximum Gasteiger partial charge on any atom is 0.370 e. The van der Waals surface area contributed by atoms with Crippen molar-refractivity contribution in [2.75, 3.05) is 6.61 Å². The molecule has 0 bridgehead atoms. The lowest BCUT2D eigenvalue weighted by molar-refractivity contribution is -0.145. The second-order valence-corrected chi connectivity index (χ2v) is 10.4. The predicted molar refractivity (Wildman–Crippen MR) is 131 cm³/mol. The van der Waals surface area contributed by atoms with Gasteiger partial charge in [-0.1, -0.05) is 76.4 Å². The van der Waals surface area contributed by atoms with Gasteiger partial charge < -0.3 is 14.6 Å². The van der Waals surface area contributed by atoms with E-state index in [1.165, 1.54) is 76.2 Å². The summed E-state index contributed by atoms with van der Waals surface area (Å²) in [4.78, 5) is 11.4. The first kappa shape index (κ1) is 27.0. The van der Waals surface area contributed by atoms with Crippen LogP contribution in [0.2, 0.25) is 0 Å². The van der Waals surface area contributed by atoms with Crippen molar-refractivity contribution in [2.45, 2.75) is 123 Å². The third-order valence-electron chi connectivity index (χ3n) is 7.27. The zero-order chi connectivity index (χ0) is 23.2. The van der Waals surface area contributed by atoms with Gasteiger partial charge in [-0.05, 0) is 69.8 Å². The first-order valence-corrected chi connectivity index (χ1v) is 13.3. The van der Waals surface area contributed by atoms with Crippen LogP contribution in [0.4, 0.5) is 0 Å². The molecule has 1 aliphatic carbocycles. The molecule has 1 saturated heterocycles. The summed E-state index contributed by atoms with van der Waals surface area (Å²) in [6, 6.07) is 0. The monoisotopic (exact) mass is 448 g/mol. The van der Waals surface area contributed by atoms with E-state index in [2.05, 4.69) is 26.8 Å². The van der Waals surface area contributed by atoms with E-state index in [0.717, 1.165) is 43.4 Å². The van der Waals surface area contributed by atoms with Gasteiger partial charge in [0.15, 0.2) is 6.29 Å². The van der Waals surface area contributed by atoms with E-state index in [1.807, 2.05) is 0 Å².